The smallest absolute Gasteiger partial charge is 0.267 e. The van der Waals surface area contributed by atoms with Crippen LogP contribution in [-0.4, -0.2) is 67.3 Å². The van der Waals surface area contributed by atoms with E-state index in [1.54, 1.807) is 24.3 Å². The molecule has 1 aromatic heterocycles. The summed E-state index contributed by atoms with van der Waals surface area (Å²) in [5, 5.41) is 7.42. The topological polar surface area (TPSA) is 84.8 Å². The van der Waals surface area contributed by atoms with Crippen molar-refractivity contribution < 1.29 is 19.1 Å². The van der Waals surface area contributed by atoms with Gasteiger partial charge in [0.15, 0.2) is 6.61 Å². The van der Waals surface area contributed by atoms with Crippen LogP contribution in [0.1, 0.15) is 16.1 Å². The molecule has 0 unspecified atom stereocenters. The quantitative estimate of drug-likeness (QED) is 0.307. The van der Waals surface area contributed by atoms with Crippen LogP contribution in [0.2, 0.25) is 5.02 Å². The van der Waals surface area contributed by atoms with Gasteiger partial charge in [-0.25, -0.2) is 0 Å². The molecule has 5 rings (SSSR count). The second kappa shape index (κ2) is 12.8. The first-order chi connectivity index (χ1) is 19.0. The summed E-state index contributed by atoms with van der Waals surface area (Å²) in [6.07, 6.45) is 0. The van der Waals surface area contributed by atoms with Crippen molar-refractivity contribution in [2.45, 2.75) is 6.54 Å². The van der Waals surface area contributed by atoms with Crippen LogP contribution in [0.4, 0.5) is 5.69 Å². The van der Waals surface area contributed by atoms with Gasteiger partial charge >= 0.3 is 0 Å². The van der Waals surface area contributed by atoms with E-state index in [0.717, 1.165) is 49.3 Å². The number of ether oxygens (including phenoxy) is 2. The first-order valence-electron chi connectivity index (χ1n) is 13.0. The van der Waals surface area contributed by atoms with E-state index in [4.69, 9.17) is 21.1 Å². The summed E-state index contributed by atoms with van der Waals surface area (Å²) in [4.78, 5) is 28.1. The highest BCUT2D eigenvalue weighted by Gasteiger charge is 2.18. The molecular formula is C30H31ClN4O4. The van der Waals surface area contributed by atoms with Crippen molar-refractivity contribution >= 4 is 40.0 Å². The molecule has 0 atom stereocenters. The normalized spacial score (nSPS) is 13.8. The number of halogens is 1. The number of morpholine rings is 1. The summed E-state index contributed by atoms with van der Waals surface area (Å²) in [5.41, 5.74) is 3.20. The van der Waals surface area contributed by atoms with Crippen molar-refractivity contribution in [1.29, 1.82) is 0 Å². The Labute approximate surface area is 232 Å². The van der Waals surface area contributed by atoms with Gasteiger partial charge in [0, 0.05) is 54.3 Å². The predicted octanol–water partition coefficient (Wildman–Crippen LogP) is 4.42. The number of nitrogens with zero attached hydrogens (tertiary/aromatic N) is 2. The van der Waals surface area contributed by atoms with Crippen LogP contribution in [-0.2, 0) is 16.1 Å². The van der Waals surface area contributed by atoms with Crippen LogP contribution in [0, 0.1) is 0 Å². The number of fused-ring (bicyclic) bond motifs is 1. The fourth-order valence-corrected chi connectivity index (χ4v) is 4.72. The molecule has 9 heteroatoms. The molecule has 0 bridgehead atoms. The zero-order chi connectivity index (χ0) is 27.0. The van der Waals surface area contributed by atoms with Gasteiger partial charge in [-0.1, -0.05) is 41.9 Å². The zero-order valence-corrected chi connectivity index (χ0v) is 22.3. The lowest BCUT2D eigenvalue weighted by Gasteiger charge is -2.26. The summed E-state index contributed by atoms with van der Waals surface area (Å²) >= 11 is 5.90. The molecule has 39 heavy (non-hydrogen) atoms. The van der Waals surface area contributed by atoms with Gasteiger partial charge in [0.2, 0.25) is 0 Å². The number of rotatable bonds is 10. The monoisotopic (exact) mass is 546 g/mol. The lowest BCUT2D eigenvalue weighted by atomic mass is 10.2. The van der Waals surface area contributed by atoms with Crippen LogP contribution in [0.15, 0.2) is 78.9 Å². The van der Waals surface area contributed by atoms with Crippen LogP contribution >= 0.6 is 11.6 Å². The highest BCUT2D eigenvalue weighted by atomic mass is 35.5. The zero-order valence-electron chi connectivity index (χ0n) is 21.6. The van der Waals surface area contributed by atoms with Gasteiger partial charge < -0.3 is 24.7 Å². The van der Waals surface area contributed by atoms with E-state index < -0.39 is 0 Å². The molecule has 4 aromatic rings. The van der Waals surface area contributed by atoms with Crippen molar-refractivity contribution in [3.63, 3.8) is 0 Å². The molecule has 2 amide bonds. The van der Waals surface area contributed by atoms with Crippen molar-refractivity contribution in [2.24, 2.45) is 0 Å². The molecule has 202 valence electrons. The van der Waals surface area contributed by atoms with Crippen molar-refractivity contribution in [2.75, 3.05) is 51.3 Å². The van der Waals surface area contributed by atoms with Crippen molar-refractivity contribution in [3.8, 4) is 5.75 Å². The molecule has 1 aliphatic heterocycles. The molecule has 1 fully saturated rings. The lowest BCUT2D eigenvalue weighted by molar-refractivity contribution is -0.118. The van der Waals surface area contributed by atoms with E-state index in [0.29, 0.717) is 35.2 Å². The van der Waals surface area contributed by atoms with Crippen LogP contribution in [0.5, 0.6) is 5.75 Å². The van der Waals surface area contributed by atoms with E-state index in [1.165, 1.54) is 0 Å². The fraction of sp³-hybridized carbons (Fsp3) is 0.267. The Kier molecular flexibility index (Phi) is 8.78. The van der Waals surface area contributed by atoms with E-state index in [9.17, 15) is 9.59 Å². The van der Waals surface area contributed by atoms with Gasteiger partial charge in [-0.2, -0.15) is 0 Å². The Bertz CT molecular complexity index is 1420. The minimum Gasteiger partial charge on any atom is -0.484 e. The number of carbonyl (C=O) groups is 2. The van der Waals surface area contributed by atoms with Crippen LogP contribution in [0.3, 0.4) is 0 Å². The Hall–Kier alpha value is -3.85. The Balaban J connectivity index is 1.30. The molecule has 1 aliphatic rings. The molecule has 2 heterocycles. The second-order valence-corrected chi connectivity index (χ2v) is 9.81. The minimum atomic E-state index is -0.283. The fourth-order valence-electron chi connectivity index (χ4n) is 4.59. The van der Waals surface area contributed by atoms with Gasteiger partial charge in [0.1, 0.15) is 11.4 Å². The second-order valence-electron chi connectivity index (χ2n) is 9.38. The average molecular weight is 547 g/mol. The largest absolute Gasteiger partial charge is 0.484 e. The maximum atomic E-state index is 13.3. The maximum absolute atomic E-state index is 13.3. The van der Waals surface area contributed by atoms with Gasteiger partial charge in [0.25, 0.3) is 11.8 Å². The van der Waals surface area contributed by atoms with Gasteiger partial charge in [-0.05, 0) is 54.1 Å². The number of amides is 2. The predicted molar refractivity (Wildman–Crippen MR) is 153 cm³/mol. The van der Waals surface area contributed by atoms with Crippen LogP contribution in [0.25, 0.3) is 10.9 Å². The summed E-state index contributed by atoms with van der Waals surface area (Å²) in [5.74, 6) is 0.152. The third-order valence-electron chi connectivity index (χ3n) is 6.60. The number of aromatic nitrogens is 1. The first kappa shape index (κ1) is 26.7. The number of carbonyl (C=O) groups excluding carboxylic acids is 2. The minimum absolute atomic E-state index is 0.127. The van der Waals surface area contributed by atoms with E-state index in [2.05, 4.69) is 15.5 Å². The van der Waals surface area contributed by atoms with Crippen molar-refractivity contribution in [1.82, 2.24) is 14.8 Å². The first-order valence-corrected chi connectivity index (χ1v) is 13.4. The molecule has 0 aliphatic carbocycles. The van der Waals surface area contributed by atoms with Gasteiger partial charge in [0.05, 0.1) is 13.2 Å². The molecular weight excluding hydrogens is 516 g/mol. The van der Waals surface area contributed by atoms with Crippen LogP contribution < -0.4 is 15.4 Å². The average Bonchev–Trinajstić information content (AvgIpc) is 3.31. The number of hydrogen-bond donors (Lipinski definition) is 2. The summed E-state index contributed by atoms with van der Waals surface area (Å²) < 4.78 is 13.0. The Morgan fingerprint density at radius 3 is 2.49 bits per heavy atom. The molecule has 3 aromatic carbocycles. The Morgan fingerprint density at radius 1 is 0.949 bits per heavy atom. The maximum Gasteiger partial charge on any atom is 0.267 e. The highest BCUT2D eigenvalue weighted by molar-refractivity contribution is 6.30. The number of anilines is 1. The number of nitrogens with one attached hydrogen (secondary N) is 2. The van der Waals surface area contributed by atoms with Gasteiger partial charge in [-0.15, -0.1) is 0 Å². The summed E-state index contributed by atoms with van der Waals surface area (Å²) in [6.45, 7) is 4.97. The third kappa shape index (κ3) is 7.17. The standard InChI is InChI=1S/C30H31ClN4O4/c31-24-6-9-26(10-7-24)39-21-29(36)33-25-8-11-27-23(18-25)19-28(35(27)20-22-4-2-1-3-5-22)30(37)32-12-13-34-14-16-38-17-15-34/h1-11,18-19H,12-17,20-21H2,(H,32,37)(H,33,36). The third-order valence-corrected chi connectivity index (χ3v) is 6.85. The highest BCUT2D eigenvalue weighted by Crippen LogP contribution is 2.25. The summed E-state index contributed by atoms with van der Waals surface area (Å²) in [7, 11) is 0. The molecule has 8 nitrogen and oxygen atoms in total. The van der Waals surface area contributed by atoms with Crippen molar-refractivity contribution in [3.05, 3.63) is 95.1 Å². The SMILES string of the molecule is O=C(COc1ccc(Cl)cc1)Nc1ccc2c(c1)cc(C(=O)NCCN1CCOCC1)n2Cc1ccccc1. The molecule has 2 N–H and O–H groups in total. The van der Waals surface area contributed by atoms with E-state index in [-0.39, 0.29) is 18.4 Å². The number of hydrogen-bond acceptors (Lipinski definition) is 5. The summed E-state index contributed by atoms with van der Waals surface area (Å²) in [6, 6.07) is 24.4. The molecule has 1 saturated heterocycles. The molecule has 0 spiro atoms. The number of benzene rings is 3. The Morgan fingerprint density at radius 2 is 1.72 bits per heavy atom. The molecule has 0 radical (unpaired) electrons. The van der Waals surface area contributed by atoms with E-state index in [1.807, 2.05) is 59.2 Å². The van der Waals surface area contributed by atoms with E-state index >= 15 is 0 Å². The molecule has 0 saturated carbocycles. The van der Waals surface area contributed by atoms with Gasteiger partial charge in [-0.3, -0.25) is 14.5 Å². The lowest BCUT2D eigenvalue weighted by Crippen LogP contribution is -2.41.